The van der Waals surface area contributed by atoms with Crippen LogP contribution in [0, 0.1) is 12.8 Å². The van der Waals surface area contributed by atoms with Crippen molar-refractivity contribution in [2.45, 2.75) is 38.1 Å². The maximum absolute atomic E-state index is 12.4. The van der Waals surface area contributed by atoms with Crippen molar-refractivity contribution in [3.63, 3.8) is 0 Å². The maximum Gasteiger partial charge on any atom is 0.240 e. The zero-order valence-electron chi connectivity index (χ0n) is 12.8. The first-order valence-corrected chi connectivity index (χ1v) is 9.57. The van der Waals surface area contributed by atoms with Crippen molar-refractivity contribution >= 4 is 26.0 Å². The molecule has 4 nitrogen and oxygen atoms in total. The van der Waals surface area contributed by atoms with E-state index in [0.717, 1.165) is 29.5 Å². The average molecular weight is 375 g/mol. The van der Waals surface area contributed by atoms with Crippen LogP contribution in [0.15, 0.2) is 27.6 Å². The smallest absolute Gasteiger partial charge is 0.240 e. The first-order chi connectivity index (χ1) is 9.79. The van der Waals surface area contributed by atoms with Gasteiger partial charge >= 0.3 is 0 Å². The zero-order chi connectivity index (χ0) is 15.6. The summed E-state index contributed by atoms with van der Waals surface area (Å²) in [6, 6.07) is 5.85. The first kappa shape index (κ1) is 16.9. The number of hydrogen-bond acceptors (Lipinski definition) is 3. The third-order valence-corrected chi connectivity index (χ3v) is 6.11. The molecule has 0 amide bonds. The van der Waals surface area contributed by atoms with E-state index in [-0.39, 0.29) is 0 Å². The second-order valence-corrected chi connectivity index (χ2v) is 8.66. The number of nitrogens with one attached hydrogen (secondary N) is 1. The molecular weight excluding hydrogens is 352 g/mol. The van der Waals surface area contributed by atoms with Crippen LogP contribution < -0.4 is 4.72 Å². The molecule has 0 saturated carbocycles. The van der Waals surface area contributed by atoms with Crippen LogP contribution in [0.3, 0.4) is 0 Å². The SMILES string of the molecule is Cc1ccc(Br)cc1S(=O)(=O)NCC1CCN(C(C)C)C1. The summed E-state index contributed by atoms with van der Waals surface area (Å²) in [7, 11) is -3.44. The van der Waals surface area contributed by atoms with Crippen LogP contribution in [-0.4, -0.2) is 39.0 Å². The summed E-state index contributed by atoms with van der Waals surface area (Å²) in [6.45, 7) is 8.71. The lowest BCUT2D eigenvalue weighted by molar-refractivity contribution is 0.265. The third kappa shape index (κ3) is 4.28. The predicted molar refractivity (Wildman–Crippen MR) is 88.9 cm³/mol. The third-order valence-electron chi connectivity index (χ3n) is 4.05. The molecule has 2 rings (SSSR count). The lowest BCUT2D eigenvalue weighted by Crippen LogP contribution is -2.33. The van der Waals surface area contributed by atoms with Crippen molar-refractivity contribution in [3.05, 3.63) is 28.2 Å². The topological polar surface area (TPSA) is 49.4 Å². The number of rotatable bonds is 5. The van der Waals surface area contributed by atoms with Gasteiger partial charge in [-0.15, -0.1) is 0 Å². The van der Waals surface area contributed by atoms with Gasteiger partial charge in [-0.05, 0) is 57.4 Å². The molecule has 21 heavy (non-hydrogen) atoms. The van der Waals surface area contributed by atoms with Gasteiger partial charge in [-0.25, -0.2) is 13.1 Å². The molecule has 1 heterocycles. The van der Waals surface area contributed by atoms with Gasteiger partial charge in [-0.3, -0.25) is 0 Å². The van der Waals surface area contributed by atoms with Gasteiger partial charge in [0.05, 0.1) is 4.90 Å². The Kier molecular flexibility index (Phi) is 5.46. The van der Waals surface area contributed by atoms with E-state index in [1.54, 1.807) is 6.07 Å². The molecule has 0 spiro atoms. The molecule has 1 aromatic rings. The number of nitrogens with zero attached hydrogens (tertiary/aromatic N) is 1. The molecule has 0 aliphatic carbocycles. The van der Waals surface area contributed by atoms with Gasteiger partial charge in [0.1, 0.15) is 0 Å². The molecule has 0 aromatic heterocycles. The minimum absolute atomic E-state index is 0.357. The Balaban J connectivity index is 2.01. The van der Waals surface area contributed by atoms with Crippen molar-refractivity contribution in [1.29, 1.82) is 0 Å². The summed E-state index contributed by atoms with van der Waals surface area (Å²) < 4.78 is 28.4. The average Bonchev–Trinajstić information content (AvgIpc) is 2.88. The number of hydrogen-bond donors (Lipinski definition) is 1. The summed E-state index contributed by atoms with van der Waals surface area (Å²) in [4.78, 5) is 2.75. The van der Waals surface area contributed by atoms with E-state index in [9.17, 15) is 8.42 Å². The fourth-order valence-corrected chi connectivity index (χ4v) is 4.56. The highest BCUT2D eigenvalue weighted by molar-refractivity contribution is 9.10. The number of likely N-dealkylation sites (tertiary alicyclic amines) is 1. The molecule has 1 fully saturated rings. The lowest BCUT2D eigenvalue weighted by Gasteiger charge is -2.20. The van der Waals surface area contributed by atoms with Gasteiger partial charge in [0.2, 0.25) is 10.0 Å². The monoisotopic (exact) mass is 374 g/mol. The van der Waals surface area contributed by atoms with Crippen LogP contribution in [0.2, 0.25) is 0 Å². The summed E-state index contributed by atoms with van der Waals surface area (Å²) in [5.74, 6) is 0.398. The Morgan fingerprint density at radius 1 is 1.43 bits per heavy atom. The highest BCUT2D eigenvalue weighted by Gasteiger charge is 2.26. The lowest BCUT2D eigenvalue weighted by atomic mass is 10.1. The molecule has 1 saturated heterocycles. The molecule has 6 heteroatoms. The molecule has 1 N–H and O–H groups in total. The van der Waals surface area contributed by atoms with E-state index in [1.165, 1.54) is 0 Å². The molecule has 1 aliphatic rings. The summed E-state index contributed by atoms with van der Waals surface area (Å²) in [5, 5.41) is 0. The van der Waals surface area contributed by atoms with Gasteiger partial charge in [0.15, 0.2) is 0 Å². The van der Waals surface area contributed by atoms with Crippen molar-refractivity contribution in [2.75, 3.05) is 19.6 Å². The van der Waals surface area contributed by atoms with Crippen molar-refractivity contribution in [2.24, 2.45) is 5.92 Å². The fourth-order valence-electron chi connectivity index (χ4n) is 2.67. The van der Waals surface area contributed by atoms with E-state index >= 15 is 0 Å². The molecule has 0 radical (unpaired) electrons. The largest absolute Gasteiger partial charge is 0.301 e. The van der Waals surface area contributed by atoms with E-state index in [2.05, 4.69) is 39.4 Å². The number of benzene rings is 1. The normalized spacial score (nSPS) is 20.3. The molecule has 1 atom stereocenters. The van der Waals surface area contributed by atoms with Crippen LogP contribution >= 0.6 is 15.9 Å². The highest BCUT2D eigenvalue weighted by Crippen LogP contribution is 2.22. The van der Waals surface area contributed by atoms with Gasteiger partial charge in [-0.1, -0.05) is 22.0 Å². The van der Waals surface area contributed by atoms with Gasteiger partial charge in [0, 0.05) is 23.6 Å². The van der Waals surface area contributed by atoms with Gasteiger partial charge in [0.25, 0.3) is 0 Å². The second kappa shape index (κ2) is 6.77. The van der Waals surface area contributed by atoms with E-state index in [1.807, 2.05) is 19.1 Å². The van der Waals surface area contributed by atoms with Crippen LogP contribution in [0.5, 0.6) is 0 Å². The quantitative estimate of drug-likeness (QED) is 0.861. The second-order valence-electron chi connectivity index (χ2n) is 6.01. The molecule has 1 aliphatic heterocycles. The van der Waals surface area contributed by atoms with E-state index in [4.69, 9.17) is 0 Å². The Labute approximate surface area is 136 Å². The molecule has 1 unspecified atom stereocenters. The number of halogens is 1. The Hall–Kier alpha value is -0.430. The Morgan fingerprint density at radius 2 is 2.14 bits per heavy atom. The van der Waals surface area contributed by atoms with Crippen LogP contribution in [-0.2, 0) is 10.0 Å². The standard InChI is InChI=1S/C15H23BrN2O2S/c1-11(2)18-7-6-13(10-18)9-17-21(19,20)15-8-14(16)5-4-12(15)3/h4-5,8,11,13,17H,6-7,9-10H2,1-3H3. The van der Waals surface area contributed by atoms with Crippen molar-refractivity contribution in [1.82, 2.24) is 9.62 Å². The minimum Gasteiger partial charge on any atom is -0.301 e. The van der Waals surface area contributed by atoms with Gasteiger partial charge in [-0.2, -0.15) is 0 Å². The maximum atomic E-state index is 12.4. The molecular formula is C15H23BrN2O2S. The number of sulfonamides is 1. The Morgan fingerprint density at radius 3 is 2.76 bits per heavy atom. The Bertz CT molecular complexity index is 602. The van der Waals surface area contributed by atoms with Crippen LogP contribution in [0.1, 0.15) is 25.8 Å². The summed E-state index contributed by atoms with van der Waals surface area (Å²) >= 11 is 3.33. The molecule has 1 aromatic carbocycles. The van der Waals surface area contributed by atoms with Crippen LogP contribution in [0.25, 0.3) is 0 Å². The number of aryl methyl sites for hydroxylation is 1. The fraction of sp³-hybridized carbons (Fsp3) is 0.600. The highest BCUT2D eigenvalue weighted by atomic mass is 79.9. The van der Waals surface area contributed by atoms with Gasteiger partial charge < -0.3 is 4.90 Å². The van der Waals surface area contributed by atoms with Crippen LogP contribution in [0.4, 0.5) is 0 Å². The van der Waals surface area contributed by atoms with E-state index in [0.29, 0.717) is 23.4 Å². The minimum atomic E-state index is -3.44. The van der Waals surface area contributed by atoms with Crippen molar-refractivity contribution < 1.29 is 8.42 Å². The first-order valence-electron chi connectivity index (χ1n) is 7.29. The molecule has 118 valence electrons. The van der Waals surface area contributed by atoms with Crippen molar-refractivity contribution in [3.8, 4) is 0 Å². The molecule has 0 bridgehead atoms. The predicted octanol–water partition coefficient (Wildman–Crippen LogP) is 2.77. The zero-order valence-corrected chi connectivity index (χ0v) is 15.2. The summed E-state index contributed by atoms with van der Waals surface area (Å²) in [5.41, 5.74) is 0.765. The summed E-state index contributed by atoms with van der Waals surface area (Å²) in [6.07, 6.45) is 1.05. The van der Waals surface area contributed by atoms with E-state index < -0.39 is 10.0 Å².